The van der Waals surface area contributed by atoms with E-state index >= 15 is 0 Å². The normalized spacial score (nSPS) is 29.9. The van der Waals surface area contributed by atoms with E-state index in [0.717, 1.165) is 17.6 Å². The first-order chi connectivity index (χ1) is 26.2. The molecule has 2 aliphatic heterocycles. The van der Waals surface area contributed by atoms with Crippen molar-refractivity contribution in [3.8, 4) is 0 Å². The van der Waals surface area contributed by atoms with E-state index in [4.69, 9.17) is 18.9 Å². The van der Waals surface area contributed by atoms with E-state index in [2.05, 4.69) is 61.7 Å². The average molecular weight is 761 g/mol. The summed E-state index contributed by atoms with van der Waals surface area (Å²) < 4.78 is 23.8. The second-order valence-electron chi connectivity index (χ2n) is 15.8. The highest BCUT2D eigenvalue weighted by Gasteiger charge is 2.54. The van der Waals surface area contributed by atoms with Gasteiger partial charge in [0.1, 0.15) is 23.9 Å². The Labute approximate surface area is 328 Å². The van der Waals surface area contributed by atoms with Gasteiger partial charge in [0, 0.05) is 39.0 Å². The third kappa shape index (κ3) is 13.0. The summed E-state index contributed by atoms with van der Waals surface area (Å²) in [5.41, 5.74) is 1.04. The number of methoxy groups -OCH3 is 1. The minimum atomic E-state index is -1.44. The minimum absolute atomic E-state index is 0.0110. The number of carbonyl (C=O) groups excluding carboxylic acids is 2. The summed E-state index contributed by atoms with van der Waals surface area (Å²) in [4.78, 5) is 25.1. The molecule has 0 saturated carbocycles. The number of hydrogen-bond donors (Lipinski definition) is 4. The lowest BCUT2D eigenvalue weighted by Gasteiger charge is -2.37. The van der Waals surface area contributed by atoms with Crippen LogP contribution in [0.2, 0.25) is 0 Å². The smallest absolute Gasteiger partial charge is 0.309 e. The average Bonchev–Trinajstić information content (AvgIpc) is 3.95. The molecule has 0 spiro atoms. The molecule has 2 aliphatic rings. The molecule has 2 aromatic rings. The van der Waals surface area contributed by atoms with Crippen molar-refractivity contribution in [1.29, 1.82) is 0 Å². The van der Waals surface area contributed by atoms with Gasteiger partial charge >= 0.3 is 11.9 Å². The molecule has 2 aromatic carbocycles. The van der Waals surface area contributed by atoms with Crippen molar-refractivity contribution in [3.63, 3.8) is 0 Å². The Bertz CT molecular complexity index is 1590. The molecule has 0 amide bonds. The second-order valence-corrected chi connectivity index (χ2v) is 15.8. The first-order valence-electron chi connectivity index (χ1n) is 19.7. The number of ether oxygens (including phenoxy) is 4. The fourth-order valence-electron chi connectivity index (χ4n) is 7.57. The highest BCUT2D eigenvalue weighted by Crippen LogP contribution is 2.39. The number of esters is 2. The van der Waals surface area contributed by atoms with E-state index in [9.17, 15) is 19.8 Å². The number of cyclic esters (lactones) is 1. The van der Waals surface area contributed by atoms with Crippen LogP contribution in [0.15, 0.2) is 96.6 Å². The molecular weight excluding hydrogens is 697 g/mol. The Kier molecular flexibility index (Phi) is 16.4. The van der Waals surface area contributed by atoms with Gasteiger partial charge in [-0.2, -0.15) is 0 Å². The van der Waals surface area contributed by atoms with Crippen LogP contribution in [0.1, 0.15) is 85.3 Å². The summed E-state index contributed by atoms with van der Waals surface area (Å²) in [6, 6.07) is 20.5. The lowest BCUT2D eigenvalue weighted by atomic mass is 9.84. The van der Waals surface area contributed by atoms with Gasteiger partial charge in [0.15, 0.2) is 0 Å². The molecule has 55 heavy (non-hydrogen) atoms. The summed E-state index contributed by atoms with van der Waals surface area (Å²) in [6.07, 6.45) is 7.84. The van der Waals surface area contributed by atoms with E-state index < -0.39 is 41.4 Å². The number of nitrogens with one attached hydrogen (secondary N) is 2. The largest absolute Gasteiger partial charge is 0.457 e. The maximum absolute atomic E-state index is 13.1. The molecule has 302 valence electrons. The van der Waals surface area contributed by atoms with E-state index in [1.807, 2.05) is 68.5 Å². The topological polar surface area (TPSA) is 139 Å². The Morgan fingerprint density at radius 1 is 1.05 bits per heavy atom. The first-order valence-corrected chi connectivity index (χ1v) is 19.7. The molecule has 0 aliphatic carbocycles. The molecule has 2 heterocycles. The Balaban J connectivity index is 1.69. The predicted molar refractivity (Wildman–Crippen MR) is 215 cm³/mol. The van der Waals surface area contributed by atoms with Crippen LogP contribution < -0.4 is 10.6 Å². The zero-order valence-electron chi connectivity index (χ0n) is 33.9. The van der Waals surface area contributed by atoms with Gasteiger partial charge < -0.3 is 39.8 Å². The molecule has 0 bridgehead atoms. The Morgan fingerprint density at radius 2 is 1.69 bits per heavy atom. The van der Waals surface area contributed by atoms with Crippen LogP contribution in [0.4, 0.5) is 0 Å². The van der Waals surface area contributed by atoms with Crippen LogP contribution >= 0.6 is 0 Å². The number of rotatable bonds is 16. The highest BCUT2D eigenvalue weighted by molar-refractivity contribution is 5.70. The molecule has 0 radical (unpaired) electrons. The van der Waals surface area contributed by atoms with Crippen molar-refractivity contribution in [3.05, 3.63) is 108 Å². The molecule has 1 saturated heterocycles. The van der Waals surface area contributed by atoms with Gasteiger partial charge in [0.05, 0.1) is 36.3 Å². The SMILES string of the molecule is CC[C@H](OC)[C@@H](C)[C@H]1O[C@H]1C(NCc1ccccc1)C(C)(/C=C/C=C(\C)[C@@H]1OC(=O)C[C@H](O)CC[C@@](C)(O)[C@@H](OC(C)=O)/C=C/[C@@H]1C)NCc1ccccc1. The second kappa shape index (κ2) is 20.5. The van der Waals surface area contributed by atoms with Crippen LogP contribution in [-0.2, 0) is 41.6 Å². The molecule has 1 fully saturated rings. The third-order valence-electron chi connectivity index (χ3n) is 11.1. The maximum Gasteiger partial charge on any atom is 0.309 e. The van der Waals surface area contributed by atoms with Crippen molar-refractivity contribution in [2.45, 2.75) is 141 Å². The Hall–Kier alpha value is -3.64. The molecule has 2 unspecified atom stereocenters. The summed E-state index contributed by atoms with van der Waals surface area (Å²) in [5.74, 6) is -1.21. The van der Waals surface area contributed by atoms with Crippen molar-refractivity contribution in [2.75, 3.05) is 7.11 Å². The van der Waals surface area contributed by atoms with Crippen molar-refractivity contribution in [2.24, 2.45) is 11.8 Å². The summed E-state index contributed by atoms with van der Waals surface area (Å²) >= 11 is 0. The van der Waals surface area contributed by atoms with E-state index in [1.54, 1.807) is 20.1 Å². The van der Waals surface area contributed by atoms with Gasteiger partial charge in [0.2, 0.25) is 0 Å². The number of hydrogen-bond acceptors (Lipinski definition) is 10. The van der Waals surface area contributed by atoms with E-state index in [-0.39, 0.29) is 55.5 Å². The minimum Gasteiger partial charge on any atom is -0.457 e. The molecule has 0 aromatic heterocycles. The summed E-state index contributed by atoms with van der Waals surface area (Å²) in [7, 11) is 1.76. The number of allylic oxidation sites excluding steroid dienone is 2. The van der Waals surface area contributed by atoms with Gasteiger partial charge in [-0.05, 0) is 62.8 Å². The number of aliphatic hydroxyl groups is 2. The summed E-state index contributed by atoms with van der Waals surface area (Å²) in [6.45, 7) is 14.5. The number of epoxide rings is 1. The standard InChI is InChI=1S/C45H64N2O8/c1-9-37(52-8)32(4)41-42(55-41)43(46-28-34-18-12-10-13-19-34)44(6,47-29-35-20-14-11-15-21-35)25-16-17-30(2)40-31(3)22-23-38(53-33(5)48)45(7,51)26-24-36(49)27-39(50)54-40/h10-23,25,31-32,36-38,40-43,46-47,49,51H,9,24,26-29H2,1-8H3/b23-22+,25-16+,30-17+/t31-,32+,36+,37-,38-,40-,41+,42+,43?,44?,45+/m0/s1. The predicted octanol–water partition coefficient (Wildman–Crippen LogP) is 6.36. The number of benzene rings is 2. The van der Waals surface area contributed by atoms with Gasteiger partial charge in [-0.25, -0.2) is 0 Å². The summed E-state index contributed by atoms with van der Waals surface area (Å²) in [5, 5.41) is 29.6. The molecule has 11 atom stereocenters. The number of aliphatic hydroxyl groups excluding tert-OH is 1. The van der Waals surface area contributed by atoms with Gasteiger partial charge in [-0.3, -0.25) is 9.59 Å². The van der Waals surface area contributed by atoms with Gasteiger partial charge in [0.25, 0.3) is 0 Å². The molecular formula is C45H64N2O8. The fourth-order valence-corrected chi connectivity index (χ4v) is 7.57. The Morgan fingerprint density at radius 3 is 2.29 bits per heavy atom. The lowest BCUT2D eigenvalue weighted by molar-refractivity contribution is -0.157. The molecule has 4 rings (SSSR count). The quantitative estimate of drug-likeness (QED) is 0.0663. The lowest BCUT2D eigenvalue weighted by Crippen LogP contribution is -2.59. The number of carbonyl (C=O) groups is 2. The van der Waals surface area contributed by atoms with Crippen LogP contribution in [0.25, 0.3) is 0 Å². The van der Waals surface area contributed by atoms with Crippen LogP contribution in [0.3, 0.4) is 0 Å². The molecule has 10 heteroatoms. The van der Waals surface area contributed by atoms with Gasteiger partial charge in [-0.1, -0.05) is 106 Å². The van der Waals surface area contributed by atoms with Crippen LogP contribution in [0, 0.1) is 11.8 Å². The van der Waals surface area contributed by atoms with E-state index in [1.165, 1.54) is 12.5 Å². The highest BCUT2D eigenvalue weighted by atomic mass is 16.6. The molecule has 10 nitrogen and oxygen atoms in total. The van der Waals surface area contributed by atoms with Crippen LogP contribution in [0.5, 0.6) is 0 Å². The van der Waals surface area contributed by atoms with Crippen molar-refractivity contribution < 1.29 is 38.7 Å². The first kappa shape index (κ1) is 44.1. The zero-order chi connectivity index (χ0) is 40.2. The van der Waals surface area contributed by atoms with Crippen LogP contribution in [-0.4, -0.2) is 83.1 Å². The fraction of sp³-hybridized carbons (Fsp3) is 0.556. The monoisotopic (exact) mass is 760 g/mol. The van der Waals surface area contributed by atoms with E-state index in [0.29, 0.717) is 13.1 Å². The zero-order valence-corrected chi connectivity index (χ0v) is 33.9. The maximum atomic E-state index is 13.1. The van der Waals surface area contributed by atoms with Crippen molar-refractivity contribution >= 4 is 11.9 Å². The third-order valence-corrected chi connectivity index (χ3v) is 11.1. The van der Waals surface area contributed by atoms with Crippen molar-refractivity contribution in [1.82, 2.24) is 10.6 Å². The van der Waals surface area contributed by atoms with Gasteiger partial charge in [-0.15, -0.1) is 0 Å². The molecule has 4 N–H and O–H groups in total.